The smallest absolute Gasteiger partial charge is 0.240 e. The van der Waals surface area contributed by atoms with Crippen molar-refractivity contribution in [3.05, 3.63) is 77.8 Å². The number of sulfonamides is 1. The van der Waals surface area contributed by atoms with Crippen molar-refractivity contribution in [2.45, 2.75) is 17.6 Å². The van der Waals surface area contributed by atoms with Crippen LogP contribution in [-0.2, 0) is 22.7 Å². The van der Waals surface area contributed by atoms with Crippen LogP contribution in [0.3, 0.4) is 0 Å². The highest BCUT2D eigenvalue weighted by atomic mass is 32.2. The van der Waals surface area contributed by atoms with E-state index in [0.29, 0.717) is 17.3 Å². The molecule has 2 aromatic carbocycles. The van der Waals surface area contributed by atoms with Crippen LogP contribution in [0.25, 0.3) is 11.3 Å². The summed E-state index contributed by atoms with van der Waals surface area (Å²) < 4.78 is 91.5. The summed E-state index contributed by atoms with van der Waals surface area (Å²) in [6.45, 7) is -0.349. The fraction of sp³-hybridized carbons (Fsp3) is 0.111. The van der Waals surface area contributed by atoms with E-state index in [2.05, 4.69) is 14.7 Å². The quantitative estimate of drug-likeness (QED) is 0.624. The first-order valence-electron chi connectivity index (χ1n) is 7.99. The van der Waals surface area contributed by atoms with E-state index in [4.69, 9.17) is 0 Å². The predicted octanol–water partition coefficient (Wildman–Crippen LogP) is 3.92. The predicted molar refractivity (Wildman–Crippen MR) is 92.9 cm³/mol. The molecule has 5 nitrogen and oxygen atoms in total. The number of nitrogens with zero attached hydrogens (tertiary/aromatic N) is 2. The monoisotopic (exact) mass is 429 g/mol. The summed E-state index contributed by atoms with van der Waals surface area (Å²) in [7, 11) is -4.37. The van der Waals surface area contributed by atoms with Crippen LogP contribution in [0.15, 0.2) is 59.8 Å². The molecule has 29 heavy (non-hydrogen) atoms. The first-order valence-corrected chi connectivity index (χ1v) is 9.48. The van der Waals surface area contributed by atoms with Crippen molar-refractivity contribution in [3.63, 3.8) is 0 Å². The highest BCUT2D eigenvalue weighted by Crippen LogP contribution is 2.32. The first-order chi connectivity index (χ1) is 13.6. The van der Waals surface area contributed by atoms with Crippen molar-refractivity contribution in [2.24, 2.45) is 0 Å². The largest absolute Gasteiger partial charge is 0.419 e. The van der Waals surface area contributed by atoms with Crippen LogP contribution in [0.5, 0.6) is 0 Å². The molecule has 0 aliphatic heterocycles. The minimum absolute atomic E-state index is 0.223. The molecule has 0 radical (unpaired) electrons. The molecule has 0 atom stereocenters. The van der Waals surface area contributed by atoms with Crippen LogP contribution in [0.1, 0.15) is 11.3 Å². The molecular formula is C18H12F5N3O2S. The van der Waals surface area contributed by atoms with Gasteiger partial charge in [0, 0.05) is 5.56 Å². The molecule has 11 heteroatoms. The van der Waals surface area contributed by atoms with Gasteiger partial charge in [-0.05, 0) is 48.5 Å². The summed E-state index contributed by atoms with van der Waals surface area (Å²) in [5, 5.41) is 0. The number of nitrogens with one attached hydrogen (secondary N) is 1. The van der Waals surface area contributed by atoms with Gasteiger partial charge in [-0.3, -0.25) is 0 Å². The highest BCUT2D eigenvalue weighted by molar-refractivity contribution is 7.89. The zero-order valence-corrected chi connectivity index (χ0v) is 15.2. The maximum atomic E-state index is 13.4. The van der Waals surface area contributed by atoms with E-state index in [1.54, 1.807) is 0 Å². The van der Waals surface area contributed by atoms with Gasteiger partial charge in [-0.1, -0.05) is 0 Å². The molecule has 1 heterocycles. The van der Waals surface area contributed by atoms with Gasteiger partial charge >= 0.3 is 6.18 Å². The topological polar surface area (TPSA) is 72.0 Å². The third-order valence-electron chi connectivity index (χ3n) is 3.86. The van der Waals surface area contributed by atoms with Crippen LogP contribution in [0, 0.1) is 11.6 Å². The molecule has 0 saturated carbocycles. The van der Waals surface area contributed by atoms with Crippen molar-refractivity contribution in [3.8, 4) is 11.3 Å². The van der Waals surface area contributed by atoms with Crippen molar-refractivity contribution in [1.82, 2.24) is 14.7 Å². The lowest BCUT2D eigenvalue weighted by molar-refractivity contribution is -0.140. The maximum absolute atomic E-state index is 13.4. The number of hydrogen-bond acceptors (Lipinski definition) is 4. The Morgan fingerprint density at radius 2 is 1.62 bits per heavy atom. The SMILES string of the molecule is O=S(=O)(NCc1cc(-c2ccc(F)cc2)ncn1)c1ccc(F)c(C(F)(F)F)c1. The Kier molecular flexibility index (Phi) is 5.62. The second-order valence-electron chi connectivity index (χ2n) is 5.87. The Hall–Kier alpha value is -2.92. The zero-order valence-electron chi connectivity index (χ0n) is 14.4. The number of benzene rings is 2. The molecule has 0 amide bonds. The van der Waals surface area contributed by atoms with Gasteiger partial charge in [0.25, 0.3) is 0 Å². The normalized spacial score (nSPS) is 12.2. The van der Waals surface area contributed by atoms with Crippen LogP contribution < -0.4 is 4.72 Å². The molecule has 3 aromatic rings. The standard InChI is InChI=1S/C18H12F5N3O2S/c19-12-3-1-11(2-4-12)17-7-13(24-10-25-17)9-26-29(27,28)14-5-6-16(20)15(8-14)18(21,22)23/h1-8,10,26H,9H2. The average Bonchev–Trinajstić information content (AvgIpc) is 2.66. The molecule has 1 aromatic heterocycles. The Labute approximate surface area is 162 Å². The lowest BCUT2D eigenvalue weighted by atomic mass is 10.1. The first kappa shape index (κ1) is 20.8. The molecule has 0 aliphatic rings. The summed E-state index contributed by atoms with van der Waals surface area (Å²) >= 11 is 0. The van der Waals surface area contributed by atoms with Gasteiger partial charge in [0.1, 0.15) is 18.0 Å². The summed E-state index contributed by atoms with van der Waals surface area (Å²) in [6, 6.07) is 8.25. The Morgan fingerprint density at radius 3 is 2.28 bits per heavy atom. The van der Waals surface area contributed by atoms with Gasteiger partial charge in [0.05, 0.1) is 28.4 Å². The van der Waals surface area contributed by atoms with Crippen molar-refractivity contribution < 1.29 is 30.4 Å². The third-order valence-corrected chi connectivity index (χ3v) is 5.26. The van der Waals surface area contributed by atoms with E-state index in [0.717, 1.165) is 6.07 Å². The lowest BCUT2D eigenvalue weighted by Crippen LogP contribution is -2.24. The molecule has 0 aliphatic carbocycles. The Morgan fingerprint density at radius 1 is 0.931 bits per heavy atom. The second-order valence-corrected chi connectivity index (χ2v) is 7.63. The summed E-state index contributed by atoms with van der Waals surface area (Å²) in [5.41, 5.74) is -0.497. The molecule has 0 spiro atoms. The van der Waals surface area contributed by atoms with Crippen LogP contribution in [0.4, 0.5) is 22.0 Å². The average molecular weight is 429 g/mol. The molecule has 152 valence electrons. The third kappa shape index (κ3) is 4.93. The van der Waals surface area contributed by atoms with E-state index >= 15 is 0 Å². The van der Waals surface area contributed by atoms with Gasteiger partial charge in [0.15, 0.2) is 0 Å². The molecule has 0 bridgehead atoms. The number of halogens is 5. The number of hydrogen-bond donors (Lipinski definition) is 1. The number of aromatic nitrogens is 2. The summed E-state index contributed by atoms with van der Waals surface area (Å²) in [4.78, 5) is 7.17. The second kappa shape index (κ2) is 7.84. The highest BCUT2D eigenvalue weighted by Gasteiger charge is 2.35. The van der Waals surface area contributed by atoms with E-state index in [1.807, 2.05) is 0 Å². The van der Waals surface area contributed by atoms with Crippen molar-refractivity contribution in [1.29, 1.82) is 0 Å². The van der Waals surface area contributed by atoms with Crippen LogP contribution >= 0.6 is 0 Å². The van der Waals surface area contributed by atoms with Gasteiger partial charge in [-0.15, -0.1) is 0 Å². The fourth-order valence-electron chi connectivity index (χ4n) is 2.41. The zero-order chi connectivity index (χ0) is 21.2. The lowest BCUT2D eigenvalue weighted by Gasteiger charge is -2.11. The van der Waals surface area contributed by atoms with Crippen molar-refractivity contribution in [2.75, 3.05) is 0 Å². The molecule has 0 fully saturated rings. The molecule has 3 rings (SSSR count). The Balaban J connectivity index is 1.81. The van der Waals surface area contributed by atoms with Gasteiger partial charge in [0.2, 0.25) is 10.0 Å². The van der Waals surface area contributed by atoms with E-state index in [9.17, 15) is 30.4 Å². The van der Waals surface area contributed by atoms with Crippen LogP contribution in [0.2, 0.25) is 0 Å². The molecular weight excluding hydrogens is 417 g/mol. The van der Waals surface area contributed by atoms with Gasteiger partial charge in [-0.2, -0.15) is 13.2 Å². The van der Waals surface area contributed by atoms with E-state index in [-0.39, 0.29) is 18.3 Å². The molecule has 0 unspecified atom stereocenters. The number of rotatable bonds is 5. The Bertz CT molecular complexity index is 1130. The van der Waals surface area contributed by atoms with E-state index in [1.165, 1.54) is 36.7 Å². The summed E-state index contributed by atoms with van der Waals surface area (Å²) in [6.07, 6.45) is -3.87. The van der Waals surface area contributed by atoms with Gasteiger partial charge in [-0.25, -0.2) is 31.9 Å². The van der Waals surface area contributed by atoms with E-state index < -0.39 is 38.3 Å². The minimum atomic E-state index is -5.04. The van der Waals surface area contributed by atoms with Gasteiger partial charge < -0.3 is 0 Å². The minimum Gasteiger partial charge on any atom is -0.240 e. The van der Waals surface area contributed by atoms with Crippen molar-refractivity contribution >= 4 is 10.0 Å². The maximum Gasteiger partial charge on any atom is 0.419 e. The molecule has 1 N–H and O–H groups in total. The summed E-state index contributed by atoms with van der Waals surface area (Å²) in [5.74, 6) is -2.01. The van der Waals surface area contributed by atoms with Crippen LogP contribution in [-0.4, -0.2) is 18.4 Å². The molecule has 0 saturated heterocycles. The number of alkyl halides is 3. The fourth-order valence-corrected chi connectivity index (χ4v) is 3.44.